The molecule has 0 aromatic heterocycles. The molecular formula is C12H11ClFNO5. The number of carboxylic acids is 2. The summed E-state index contributed by atoms with van der Waals surface area (Å²) in [5, 5.41) is 19.5. The van der Waals surface area contributed by atoms with Gasteiger partial charge >= 0.3 is 11.9 Å². The van der Waals surface area contributed by atoms with Crippen molar-refractivity contribution < 1.29 is 29.0 Å². The number of hydrogen-bond donors (Lipinski definition) is 3. The molecule has 0 aliphatic heterocycles. The second kappa shape index (κ2) is 6.85. The van der Waals surface area contributed by atoms with Gasteiger partial charge < -0.3 is 15.5 Å². The van der Waals surface area contributed by atoms with Crippen LogP contribution in [0.3, 0.4) is 0 Å². The Balaban J connectivity index is 2.80. The van der Waals surface area contributed by atoms with E-state index in [0.29, 0.717) is 0 Å². The number of carboxylic acid groups (broad SMARTS) is 2. The van der Waals surface area contributed by atoms with E-state index in [2.05, 4.69) is 5.32 Å². The van der Waals surface area contributed by atoms with Gasteiger partial charge in [0.2, 0.25) is 0 Å². The van der Waals surface area contributed by atoms with Crippen LogP contribution in [0.2, 0.25) is 5.02 Å². The highest BCUT2D eigenvalue weighted by molar-refractivity contribution is 6.30. The monoisotopic (exact) mass is 303 g/mol. The highest BCUT2D eigenvalue weighted by atomic mass is 35.5. The summed E-state index contributed by atoms with van der Waals surface area (Å²) in [6.07, 6.45) is -0.730. The van der Waals surface area contributed by atoms with E-state index in [1.807, 2.05) is 0 Å². The Morgan fingerprint density at radius 1 is 1.30 bits per heavy atom. The zero-order chi connectivity index (χ0) is 15.3. The predicted octanol–water partition coefficient (Wildman–Crippen LogP) is 1.53. The number of carbonyl (C=O) groups is 3. The fourth-order valence-corrected chi connectivity index (χ4v) is 1.59. The molecule has 1 aromatic carbocycles. The second-order valence-corrected chi connectivity index (χ2v) is 4.36. The lowest BCUT2D eigenvalue weighted by Gasteiger charge is -2.13. The first kappa shape index (κ1) is 15.9. The van der Waals surface area contributed by atoms with Gasteiger partial charge in [0.15, 0.2) is 0 Å². The molecule has 8 heteroatoms. The van der Waals surface area contributed by atoms with Crippen molar-refractivity contribution in [2.45, 2.75) is 18.9 Å². The van der Waals surface area contributed by atoms with E-state index >= 15 is 0 Å². The van der Waals surface area contributed by atoms with Crippen LogP contribution < -0.4 is 5.32 Å². The molecule has 0 unspecified atom stereocenters. The lowest BCUT2D eigenvalue weighted by Crippen LogP contribution is -2.41. The molecule has 1 amide bonds. The normalized spacial score (nSPS) is 11.7. The first-order valence-corrected chi connectivity index (χ1v) is 5.89. The molecule has 20 heavy (non-hydrogen) atoms. The van der Waals surface area contributed by atoms with Crippen LogP contribution >= 0.6 is 11.6 Å². The summed E-state index contributed by atoms with van der Waals surface area (Å²) in [5.74, 6) is -4.42. The van der Waals surface area contributed by atoms with Gasteiger partial charge in [-0.15, -0.1) is 0 Å². The van der Waals surface area contributed by atoms with E-state index in [1.165, 1.54) is 6.07 Å². The molecule has 1 aromatic rings. The fraction of sp³-hybridized carbons (Fsp3) is 0.250. The molecule has 0 fully saturated rings. The van der Waals surface area contributed by atoms with E-state index in [4.69, 9.17) is 21.8 Å². The summed E-state index contributed by atoms with van der Waals surface area (Å²) in [5.41, 5.74) is -0.365. The van der Waals surface area contributed by atoms with Crippen LogP contribution in [0.25, 0.3) is 0 Å². The summed E-state index contributed by atoms with van der Waals surface area (Å²) >= 11 is 5.53. The average molecular weight is 304 g/mol. The first-order valence-electron chi connectivity index (χ1n) is 5.51. The largest absolute Gasteiger partial charge is 0.481 e. The molecule has 0 spiro atoms. The summed E-state index contributed by atoms with van der Waals surface area (Å²) in [6.45, 7) is 0. The molecule has 0 aliphatic carbocycles. The van der Waals surface area contributed by atoms with Gasteiger partial charge in [0.05, 0.1) is 5.56 Å². The van der Waals surface area contributed by atoms with Crippen LogP contribution in [0.15, 0.2) is 18.2 Å². The van der Waals surface area contributed by atoms with E-state index in [0.717, 1.165) is 12.1 Å². The maximum Gasteiger partial charge on any atom is 0.326 e. The Kier molecular flexibility index (Phi) is 5.45. The number of hydrogen-bond acceptors (Lipinski definition) is 3. The molecule has 0 aliphatic rings. The van der Waals surface area contributed by atoms with Crippen molar-refractivity contribution in [2.75, 3.05) is 0 Å². The minimum atomic E-state index is -1.41. The molecule has 0 heterocycles. The highest BCUT2D eigenvalue weighted by Gasteiger charge is 2.23. The quantitative estimate of drug-likeness (QED) is 0.739. The Morgan fingerprint density at radius 2 is 1.95 bits per heavy atom. The second-order valence-electron chi connectivity index (χ2n) is 3.92. The van der Waals surface area contributed by atoms with Gasteiger partial charge in [0, 0.05) is 11.4 Å². The standard InChI is InChI=1S/C12H11ClFNO5/c13-6-1-2-7(8(14)5-6)11(18)15-9(12(19)20)3-4-10(16)17/h1-2,5,9H,3-4H2,(H,15,18)(H,16,17)(H,19,20)/t9-/m0/s1. The van der Waals surface area contributed by atoms with Gasteiger partial charge in [-0.3, -0.25) is 9.59 Å². The summed E-state index contributed by atoms with van der Waals surface area (Å²) in [4.78, 5) is 33.0. The molecule has 1 rings (SSSR count). The summed E-state index contributed by atoms with van der Waals surface area (Å²) < 4.78 is 13.5. The highest BCUT2D eigenvalue weighted by Crippen LogP contribution is 2.15. The Bertz CT molecular complexity index is 549. The number of amides is 1. The van der Waals surface area contributed by atoms with Crippen LogP contribution in [0.5, 0.6) is 0 Å². The molecule has 6 nitrogen and oxygen atoms in total. The van der Waals surface area contributed by atoms with Crippen LogP contribution in [-0.2, 0) is 9.59 Å². The van der Waals surface area contributed by atoms with Crippen LogP contribution in [0.4, 0.5) is 4.39 Å². The van der Waals surface area contributed by atoms with Crippen LogP contribution in [0, 0.1) is 5.82 Å². The van der Waals surface area contributed by atoms with Crippen molar-refractivity contribution >= 4 is 29.4 Å². The average Bonchev–Trinajstić information content (AvgIpc) is 2.33. The van der Waals surface area contributed by atoms with E-state index in [1.54, 1.807) is 0 Å². The topological polar surface area (TPSA) is 104 Å². The minimum absolute atomic E-state index is 0.0970. The fourth-order valence-electron chi connectivity index (χ4n) is 1.43. The van der Waals surface area contributed by atoms with Crippen molar-refractivity contribution in [3.63, 3.8) is 0 Å². The van der Waals surface area contributed by atoms with Crippen molar-refractivity contribution in [3.8, 4) is 0 Å². The van der Waals surface area contributed by atoms with Gasteiger partial charge in [-0.2, -0.15) is 0 Å². The molecule has 3 N–H and O–H groups in total. The third-order valence-corrected chi connectivity index (χ3v) is 2.66. The predicted molar refractivity (Wildman–Crippen MR) is 67.2 cm³/mol. The van der Waals surface area contributed by atoms with Gasteiger partial charge in [-0.25, -0.2) is 9.18 Å². The molecule has 108 valence electrons. The Hall–Kier alpha value is -2.15. The molecule has 1 atom stereocenters. The van der Waals surface area contributed by atoms with Crippen LogP contribution in [-0.4, -0.2) is 34.1 Å². The van der Waals surface area contributed by atoms with E-state index < -0.39 is 36.1 Å². The number of benzene rings is 1. The molecular weight excluding hydrogens is 293 g/mol. The summed E-state index contributed by atoms with van der Waals surface area (Å²) in [7, 11) is 0. The van der Waals surface area contributed by atoms with Gasteiger partial charge in [-0.05, 0) is 24.6 Å². The zero-order valence-corrected chi connectivity index (χ0v) is 10.9. The van der Waals surface area contributed by atoms with Gasteiger partial charge in [-0.1, -0.05) is 11.6 Å². The molecule has 0 radical (unpaired) electrons. The number of rotatable bonds is 6. The van der Waals surface area contributed by atoms with E-state index in [9.17, 15) is 18.8 Å². The number of halogens is 2. The molecule has 0 saturated heterocycles. The first-order chi connectivity index (χ1) is 9.31. The van der Waals surface area contributed by atoms with Crippen LogP contribution in [0.1, 0.15) is 23.2 Å². The maximum atomic E-state index is 13.5. The number of nitrogens with one attached hydrogen (secondary N) is 1. The lowest BCUT2D eigenvalue weighted by molar-refractivity contribution is -0.140. The van der Waals surface area contributed by atoms with Crippen molar-refractivity contribution in [1.82, 2.24) is 5.32 Å². The molecule has 0 saturated carbocycles. The smallest absolute Gasteiger partial charge is 0.326 e. The SMILES string of the molecule is O=C(O)CC[C@H](NC(=O)c1ccc(Cl)cc1F)C(=O)O. The molecule has 0 bridgehead atoms. The van der Waals surface area contributed by atoms with Crippen molar-refractivity contribution in [1.29, 1.82) is 0 Å². The van der Waals surface area contributed by atoms with Crippen molar-refractivity contribution in [3.05, 3.63) is 34.6 Å². The third-order valence-electron chi connectivity index (χ3n) is 2.43. The van der Waals surface area contributed by atoms with Gasteiger partial charge in [0.25, 0.3) is 5.91 Å². The maximum absolute atomic E-state index is 13.5. The number of aliphatic carboxylic acids is 2. The van der Waals surface area contributed by atoms with E-state index in [-0.39, 0.29) is 17.0 Å². The Morgan fingerprint density at radius 3 is 2.45 bits per heavy atom. The minimum Gasteiger partial charge on any atom is -0.481 e. The third kappa shape index (κ3) is 4.51. The number of carbonyl (C=O) groups excluding carboxylic acids is 1. The Labute approximate surface area is 118 Å². The summed E-state index contributed by atoms with van der Waals surface area (Å²) in [6, 6.07) is 1.91. The zero-order valence-electron chi connectivity index (χ0n) is 10.1. The van der Waals surface area contributed by atoms with Gasteiger partial charge in [0.1, 0.15) is 11.9 Å². The van der Waals surface area contributed by atoms with Crippen molar-refractivity contribution in [2.24, 2.45) is 0 Å². The lowest BCUT2D eigenvalue weighted by atomic mass is 10.1.